The van der Waals surface area contributed by atoms with Crippen LogP contribution >= 0.6 is 0 Å². The first kappa shape index (κ1) is 12.5. The van der Waals surface area contributed by atoms with Crippen LogP contribution in [0.15, 0.2) is 42.7 Å². The summed E-state index contributed by atoms with van der Waals surface area (Å²) in [5, 5.41) is 15.0. The fourth-order valence-corrected chi connectivity index (χ4v) is 2.39. The number of carbonyl (C=O) groups excluding carboxylic acids is 1. The second-order valence-corrected chi connectivity index (χ2v) is 5.01. The van der Waals surface area contributed by atoms with Crippen LogP contribution in [0.5, 0.6) is 0 Å². The second kappa shape index (κ2) is 4.66. The minimum Gasteiger partial charge on any atom is -0.321 e. The minimum absolute atomic E-state index is 0.241. The van der Waals surface area contributed by atoms with Crippen molar-refractivity contribution in [1.29, 1.82) is 0 Å². The fourth-order valence-electron chi connectivity index (χ4n) is 2.39. The number of anilines is 1. The minimum atomic E-state index is -0.241. The molecular weight excluding hydrogens is 280 g/mol. The van der Waals surface area contributed by atoms with Gasteiger partial charge in [0, 0.05) is 23.3 Å². The molecule has 0 unspecified atom stereocenters. The summed E-state index contributed by atoms with van der Waals surface area (Å²) in [5.74, 6) is -0.241. The molecule has 4 aromatic rings. The van der Waals surface area contributed by atoms with Gasteiger partial charge in [-0.05, 0) is 31.2 Å². The molecule has 0 bridgehead atoms. The number of fused-ring (bicyclic) bond motifs is 2. The van der Waals surface area contributed by atoms with Crippen molar-refractivity contribution in [3.8, 4) is 0 Å². The van der Waals surface area contributed by atoms with Crippen molar-refractivity contribution in [1.82, 2.24) is 24.8 Å². The van der Waals surface area contributed by atoms with E-state index in [9.17, 15) is 4.79 Å². The number of nitrogens with one attached hydrogen (secondary N) is 2. The van der Waals surface area contributed by atoms with E-state index >= 15 is 0 Å². The molecule has 1 aromatic carbocycles. The number of aromatic amines is 1. The molecule has 7 nitrogen and oxygen atoms in total. The van der Waals surface area contributed by atoms with Crippen molar-refractivity contribution >= 4 is 28.1 Å². The maximum atomic E-state index is 12.5. The van der Waals surface area contributed by atoms with Crippen LogP contribution in [-0.2, 0) is 0 Å². The largest absolute Gasteiger partial charge is 0.321 e. The van der Waals surface area contributed by atoms with Crippen LogP contribution in [0.1, 0.15) is 16.2 Å². The second-order valence-electron chi connectivity index (χ2n) is 5.01. The molecule has 0 aliphatic rings. The number of H-pyrrole nitrogens is 1. The first-order valence-electron chi connectivity index (χ1n) is 6.76. The summed E-state index contributed by atoms with van der Waals surface area (Å²) in [4.78, 5) is 16.7. The molecule has 0 atom stereocenters. The normalized spacial score (nSPS) is 11.1. The molecule has 108 valence electrons. The maximum absolute atomic E-state index is 12.5. The van der Waals surface area contributed by atoms with Gasteiger partial charge in [-0.1, -0.05) is 0 Å². The Bertz CT molecular complexity index is 1000. The van der Waals surface area contributed by atoms with Crippen molar-refractivity contribution in [2.24, 2.45) is 0 Å². The SMILES string of the molecule is Cc1cc2nccc(C(=O)Nc3ccc4cn[nH]c4c3)n2n1. The van der Waals surface area contributed by atoms with Crippen molar-refractivity contribution in [3.63, 3.8) is 0 Å². The van der Waals surface area contributed by atoms with Crippen LogP contribution in [0.25, 0.3) is 16.6 Å². The average molecular weight is 292 g/mol. The van der Waals surface area contributed by atoms with Gasteiger partial charge < -0.3 is 5.32 Å². The molecule has 4 rings (SSSR count). The molecule has 7 heteroatoms. The summed E-state index contributed by atoms with van der Waals surface area (Å²) in [6, 6.07) is 9.04. The zero-order valence-corrected chi connectivity index (χ0v) is 11.7. The van der Waals surface area contributed by atoms with E-state index in [1.54, 1.807) is 23.0 Å². The lowest BCUT2D eigenvalue weighted by Crippen LogP contribution is -2.16. The number of nitrogens with zero attached hydrogens (tertiary/aromatic N) is 4. The highest BCUT2D eigenvalue weighted by Gasteiger charge is 2.12. The van der Waals surface area contributed by atoms with Crippen molar-refractivity contribution in [3.05, 3.63) is 54.1 Å². The van der Waals surface area contributed by atoms with Crippen molar-refractivity contribution < 1.29 is 4.79 Å². The molecule has 0 spiro atoms. The lowest BCUT2D eigenvalue weighted by atomic mass is 10.2. The molecule has 0 radical (unpaired) electrons. The first-order chi connectivity index (χ1) is 10.7. The summed E-state index contributed by atoms with van der Waals surface area (Å²) in [5.41, 5.74) is 3.45. The van der Waals surface area contributed by atoms with Gasteiger partial charge in [0.05, 0.1) is 17.4 Å². The van der Waals surface area contributed by atoms with Crippen molar-refractivity contribution in [2.75, 3.05) is 5.32 Å². The smallest absolute Gasteiger partial charge is 0.274 e. The summed E-state index contributed by atoms with van der Waals surface area (Å²) < 4.78 is 1.54. The molecule has 0 saturated heterocycles. The maximum Gasteiger partial charge on any atom is 0.274 e. The highest BCUT2D eigenvalue weighted by Crippen LogP contribution is 2.17. The molecule has 3 aromatic heterocycles. The zero-order chi connectivity index (χ0) is 15.1. The number of amides is 1. The van der Waals surface area contributed by atoms with E-state index in [-0.39, 0.29) is 5.91 Å². The van der Waals surface area contributed by atoms with Gasteiger partial charge in [-0.25, -0.2) is 9.50 Å². The highest BCUT2D eigenvalue weighted by molar-refractivity contribution is 6.04. The molecule has 1 amide bonds. The van der Waals surface area contributed by atoms with Crippen LogP contribution in [0.2, 0.25) is 0 Å². The zero-order valence-electron chi connectivity index (χ0n) is 11.7. The quantitative estimate of drug-likeness (QED) is 0.592. The standard InChI is InChI=1S/C15H12N6O/c1-9-6-14-16-5-4-13(21(14)20-9)15(22)18-11-3-2-10-8-17-19-12(10)7-11/h2-8H,1H3,(H,17,19)(H,18,22). The molecule has 0 fully saturated rings. The Balaban J connectivity index is 1.70. The monoisotopic (exact) mass is 292 g/mol. The van der Waals surface area contributed by atoms with E-state index in [0.29, 0.717) is 17.0 Å². The van der Waals surface area contributed by atoms with E-state index < -0.39 is 0 Å². The van der Waals surface area contributed by atoms with E-state index in [1.165, 1.54) is 0 Å². The number of aromatic nitrogens is 5. The molecular formula is C15H12N6O. The Labute approximate surface area is 125 Å². The lowest BCUT2D eigenvalue weighted by Gasteiger charge is -2.06. The van der Waals surface area contributed by atoms with Crippen LogP contribution < -0.4 is 5.32 Å². The van der Waals surface area contributed by atoms with Crippen LogP contribution in [0, 0.1) is 6.92 Å². The van der Waals surface area contributed by atoms with E-state index in [1.807, 2.05) is 31.2 Å². The van der Waals surface area contributed by atoms with Gasteiger partial charge >= 0.3 is 0 Å². The van der Waals surface area contributed by atoms with E-state index in [0.717, 1.165) is 16.6 Å². The lowest BCUT2D eigenvalue weighted by molar-refractivity contribution is 0.102. The topological polar surface area (TPSA) is 88.0 Å². The number of rotatable bonds is 2. The van der Waals surface area contributed by atoms with Crippen LogP contribution in [0.4, 0.5) is 5.69 Å². The summed E-state index contributed by atoms with van der Waals surface area (Å²) >= 11 is 0. The number of hydrogen-bond donors (Lipinski definition) is 2. The first-order valence-corrected chi connectivity index (χ1v) is 6.76. The number of aryl methyl sites for hydroxylation is 1. The van der Waals surface area contributed by atoms with Gasteiger partial charge in [-0.2, -0.15) is 10.2 Å². The number of hydrogen-bond acceptors (Lipinski definition) is 4. The fraction of sp³-hybridized carbons (Fsp3) is 0.0667. The summed E-state index contributed by atoms with van der Waals surface area (Å²) in [7, 11) is 0. The molecule has 0 saturated carbocycles. The summed E-state index contributed by atoms with van der Waals surface area (Å²) in [6.45, 7) is 1.86. The third-order valence-corrected chi connectivity index (χ3v) is 3.41. The van der Waals surface area contributed by atoms with Gasteiger partial charge in [-0.3, -0.25) is 9.89 Å². The predicted molar refractivity (Wildman–Crippen MR) is 81.8 cm³/mol. The number of carbonyl (C=O) groups is 1. The molecule has 2 N–H and O–H groups in total. The Morgan fingerprint density at radius 2 is 2.18 bits per heavy atom. The van der Waals surface area contributed by atoms with Gasteiger partial charge in [0.1, 0.15) is 5.69 Å². The Morgan fingerprint density at radius 3 is 3.09 bits per heavy atom. The van der Waals surface area contributed by atoms with Gasteiger partial charge in [0.25, 0.3) is 5.91 Å². The number of benzene rings is 1. The molecule has 22 heavy (non-hydrogen) atoms. The summed E-state index contributed by atoms with van der Waals surface area (Å²) in [6.07, 6.45) is 3.34. The van der Waals surface area contributed by atoms with Crippen LogP contribution in [0.3, 0.4) is 0 Å². The predicted octanol–water partition coefficient (Wildman–Crippen LogP) is 2.17. The molecule has 0 aliphatic heterocycles. The van der Waals surface area contributed by atoms with Gasteiger partial charge in [-0.15, -0.1) is 0 Å². The van der Waals surface area contributed by atoms with Gasteiger partial charge in [0.2, 0.25) is 0 Å². The third kappa shape index (κ3) is 1.99. The molecule has 0 aliphatic carbocycles. The van der Waals surface area contributed by atoms with Crippen LogP contribution in [-0.4, -0.2) is 30.7 Å². The highest BCUT2D eigenvalue weighted by atomic mass is 16.2. The van der Waals surface area contributed by atoms with E-state index in [4.69, 9.17) is 0 Å². The average Bonchev–Trinajstić information content (AvgIpc) is 3.10. The third-order valence-electron chi connectivity index (χ3n) is 3.41. The van der Waals surface area contributed by atoms with Gasteiger partial charge in [0.15, 0.2) is 5.65 Å². The Hall–Kier alpha value is -3.22. The molecule has 3 heterocycles. The van der Waals surface area contributed by atoms with Crippen molar-refractivity contribution in [2.45, 2.75) is 6.92 Å². The Morgan fingerprint density at radius 1 is 1.27 bits per heavy atom. The van der Waals surface area contributed by atoms with E-state index in [2.05, 4.69) is 25.6 Å². The Kier molecular flexibility index (Phi) is 2.65.